The van der Waals surface area contributed by atoms with Crippen LogP contribution in [0.5, 0.6) is 0 Å². The summed E-state index contributed by atoms with van der Waals surface area (Å²) in [7, 11) is 1.55. The molecule has 0 atom stereocenters. The lowest BCUT2D eigenvalue weighted by Crippen LogP contribution is -2.31. The predicted molar refractivity (Wildman–Crippen MR) is 148 cm³/mol. The number of alkyl halides is 3. The van der Waals surface area contributed by atoms with E-state index in [0.29, 0.717) is 65.5 Å². The summed E-state index contributed by atoms with van der Waals surface area (Å²) < 4.78 is 44.4. The second-order valence-electron chi connectivity index (χ2n) is 9.69. The van der Waals surface area contributed by atoms with Crippen molar-refractivity contribution in [3.05, 3.63) is 70.5 Å². The van der Waals surface area contributed by atoms with Crippen LogP contribution in [0.2, 0.25) is 5.02 Å². The number of halogens is 4. The minimum Gasteiger partial charge on any atom is -0.497 e. The van der Waals surface area contributed by atoms with Crippen LogP contribution < -0.4 is 15.1 Å². The van der Waals surface area contributed by atoms with E-state index in [1.54, 1.807) is 19.4 Å². The zero-order valence-corrected chi connectivity index (χ0v) is 22.4. The van der Waals surface area contributed by atoms with Gasteiger partial charge < -0.3 is 19.9 Å². The van der Waals surface area contributed by atoms with Gasteiger partial charge in [-0.05, 0) is 56.0 Å². The van der Waals surface area contributed by atoms with Crippen molar-refractivity contribution < 1.29 is 17.9 Å². The predicted octanol–water partition coefficient (Wildman–Crippen LogP) is 6.50. The lowest BCUT2D eigenvalue weighted by molar-refractivity contribution is -0.137. The molecule has 1 aromatic carbocycles. The highest BCUT2D eigenvalue weighted by molar-refractivity contribution is 6.33. The van der Waals surface area contributed by atoms with E-state index >= 15 is 0 Å². The number of methoxy groups -OCH3 is 1. The molecule has 1 saturated heterocycles. The summed E-state index contributed by atoms with van der Waals surface area (Å²) in [5.74, 6) is 2.42. The SMILES string of the molecule is C=C(OC)c1cnc(N2CCc3nc(N4CCCCC4)nc(Nc4ccc(C(F)(F)F)cc4)c3CC2)c(Cl)c1. The number of hydrogen-bond donors (Lipinski definition) is 1. The van der Waals surface area contributed by atoms with Crippen LogP contribution in [0, 0.1) is 0 Å². The summed E-state index contributed by atoms with van der Waals surface area (Å²) in [6.45, 7) is 6.89. The Morgan fingerprint density at radius 3 is 2.38 bits per heavy atom. The first-order valence-corrected chi connectivity index (χ1v) is 13.3. The Morgan fingerprint density at radius 1 is 1.00 bits per heavy atom. The average molecular weight is 559 g/mol. The van der Waals surface area contributed by atoms with E-state index in [1.807, 2.05) is 0 Å². The molecule has 5 rings (SSSR count). The molecule has 0 radical (unpaired) electrons. The van der Waals surface area contributed by atoms with Gasteiger partial charge in [0, 0.05) is 55.6 Å². The van der Waals surface area contributed by atoms with Gasteiger partial charge in [-0.15, -0.1) is 0 Å². The number of nitrogens with zero attached hydrogens (tertiary/aromatic N) is 5. The van der Waals surface area contributed by atoms with Crippen LogP contribution in [0.1, 0.15) is 41.6 Å². The molecule has 11 heteroatoms. The molecule has 0 amide bonds. The maximum Gasteiger partial charge on any atom is 0.416 e. The zero-order valence-electron chi connectivity index (χ0n) is 21.7. The number of ether oxygens (including phenoxy) is 1. The van der Waals surface area contributed by atoms with Crippen LogP contribution in [-0.4, -0.2) is 48.2 Å². The number of anilines is 4. The lowest BCUT2D eigenvalue weighted by Gasteiger charge is -2.28. The zero-order chi connectivity index (χ0) is 27.6. The molecule has 0 spiro atoms. The molecular weight excluding hydrogens is 529 g/mol. The second kappa shape index (κ2) is 11.3. The maximum absolute atomic E-state index is 13.1. The van der Waals surface area contributed by atoms with Gasteiger partial charge in [-0.3, -0.25) is 0 Å². The third kappa shape index (κ3) is 6.06. The molecule has 3 aromatic rings. The van der Waals surface area contributed by atoms with Gasteiger partial charge in [0.05, 0.1) is 23.4 Å². The highest BCUT2D eigenvalue weighted by Gasteiger charge is 2.30. The average Bonchev–Trinajstić information content (AvgIpc) is 3.15. The molecule has 4 heterocycles. The number of fused-ring (bicyclic) bond motifs is 1. The first-order chi connectivity index (χ1) is 18.7. The Morgan fingerprint density at radius 2 is 1.72 bits per heavy atom. The molecular formula is C28H30ClF3N6O. The number of hydrogen-bond acceptors (Lipinski definition) is 7. The molecule has 0 unspecified atom stereocenters. The normalized spacial score (nSPS) is 15.9. The van der Waals surface area contributed by atoms with Crippen molar-refractivity contribution in [2.24, 2.45) is 0 Å². The third-order valence-electron chi connectivity index (χ3n) is 7.13. The van der Waals surface area contributed by atoms with Gasteiger partial charge in [-0.25, -0.2) is 9.97 Å². The van der Waals surface area contributed by atoms with E-state index in [2.05, 4.69) is 26.7 Å². The van der Waals surface area contributed by atoms with Crippen molar-refractivity contribution in [1.29, 1.82) is 0 Å². The van der Waals surface area contributed by atoms with Gasteiger partial charge in [0.15, 0.2) is 0 Å². The maximum atomic E-state index is 13.1. The summed E-state index contributed by atoms with van der Waals surface area (Å²) in [5.41, 5.74) is 2.42. The van der Waals surface area contributed by atoms with E-state index < -0.39 is 11.7 Å². The van der Waals surface area contributed by atoms with Crippen molar-refractivity contribution in [3.8, 4) is 0 Å². The molecule has 1 N–H and O–H groups in total. The number of pyridine rings is 1. The second-order valence-corrected chi connectivity index (χ2v) is 10.1. The molecule has 2 aromatic heterocycles. The number of benzene rings is 1. The van der Waals surface area contributed by atoms with Crippen LogP contribution in [0.25, 0.3) is 5.76 Å². The fourth-order valence-electron chi connectivity index (χ4n) is 4.95. The lowest BCUT2D eigenvalue weighted by atomic mass is 10.1. The van der Waals surface area contributed by atoms with Crippen LogP contribution in [-0.2, 0) is 23.8 Å². The van der Waals surface area contributed by atoms with Crippen molar-refractivity contribution in [2.45, 2.75) is 38.3 Å². The van der Waals surface area contributed by atoms with Gasteiger partial charge in [-0.1, -0.05) is 18.2 Å². The van der Waals surface area contributed by atoms with E-state index in [1.165, 1.54) is 18.6 Å². The van der Waals surface area contributed by atoms with Gasteiger partial charge in [0.1, 0.15) is 17.4 Å². The van der Waals surface area contributed by atoms with E-state index in [-0.39, 0.29) is 0 Å². The number of piperidine rings is 1. The Balaban J connectivity index is 1.44. The molecule has 0 saturated carbocycles. The topological polar surface area (TPSA) is 66.4 Å². The largest absolute Gasteiger partial charge is 0.497 e. The van der Waals surface area contributed by atoms with E-state index in [9.17, 15) is 13.2 Å². The molecule has 0 bridgehead atoms. The summed E-state index contributed by atoms with van der Waals surface area (Å²) in [5, 5.41) is 3.78. The summed E-state index contributed by atoms with van der Waals surface area (Å²) in [6, 6.07) is 6.80. The highest BCUT2D eigenvalue weighted by Crippen LogP contribution is 2.33. The third-order valence-corrected chi connectivity index (χ3v) is 7.41. The smallest absolute Gasteiger partial charge is 0.416 e. The standard InChI is InChI=1S/C28H30ClF3N6O/c1-18(39-2)19-16-23(29)26(33-17-19)37-14-10-22-24(11-15-37)35-27(38-12-4-3-5-13-38)36-25(22)34-21-8-6-20(7-9-21)28(30,31)32/h6-9,16-17H,1,3-5,10-15H2,2H3,(H,34,35,36). The Bertz CT molecular complexity index is 1340. The fraction of sp³-hybridized carbons (Fsp3) is 0.393. The Labute approximate surface area is 230 Å². The minimum absolute atomic E-state index is 0.485. The number of aromatic nitrogens is 3. The Hall–Kier alpha value is -3.53. The number of rotatable bonds is 6. The van der Waals surface area contributed by atoms with Crippen molar-refractivity contribution in [2.75, 3.05) is 48.4 Å². The summed E-state index contributed by atoms with van der Waals surface area (Å²) >= 11 is 6.61. The first kappa shape index (κ1) is 27.1. The van der Waals surface area contributed by atoms with Crippen LogP contribution >= 0.6 is 11.6 Å². The molecule has 206 valence electrons. The molecule has 0 aliphatic carbocycles. The van der Waals surface area contributed by atoms with Crippen molar-refractivity contribution in [1.82, 2.24) is 15.0 Å². The summed E-state index contributed by atoms with van der Waals surface area (Å²) in [4.78, 5) is 18.7. The first-order valence-electron chi connectivity index (χ1n) is 13.0. The summed E-state index contributed by atoms with van der Waals surface area (Å²) in [6.07, 6.45) is 1.89. The van der Waals surface area contributed by atoms with Gasteiger partial charge in [0.2, 0.25) is 5.95 Å². The van der Waals surface area contributed by atoms with Gasteiger partial charge >= 0.3 is 6.18 Å². The molecule has 2 aliphatic rings. The highest BCUT2D eigenvalue weighted by atomic mass is 35.5. The van der Waals surface area contributed by atoms with Crippen LogP contribution in [0.3, 0.4) is 0 Å². The fourth-order valence-corrected chi connectivity index (χ4v) is 5.24. The molecule has 39 heavy (non-hydrogen) atoms. The van der Waals surface area contributed by atoms with Crippen LogP contribution in [0.4, 0.5) is 36.4 Å². The van der Waals surface area contributed by atoms with Gasteiger partial charge in [-0.2, -0.15) is 18.2 Å². The minimum atomic E-state index is -4.39. The molecule has 1 fully saturated rings. The van der Waals surface area contributed by atoms with Crippen molar-refractivity contribution >= 4 is 40.6 Å². The van der Waals surface area contributed by atoms with Gasteiger partial charge in [0.25, 0.3) is 0 Å². The monoisotopic (exact) mass is 558 g/mol. The quantitative estimate of drug-likeness (QED) is 0.346. The molecule has 7 nitrogen and oxygen atoms in total. The van der Waals surface area contributed by atoms with Crippen LogP contribution in [0.15, 0.2) is 43.1 Å². The van der Waals surface area contributed by atoms with E-state index in [4.69, 9.17) is 26.3 Å². The number of nitrogens with one attached hydrogen (secondary N) is 1. The van der Waals surface area contributed by atoms with Crippen molar-refractivity contribution in [3.63, 3.8) is 0 Å². The Kier molecular flexibility index (Phi) is 7.83. The van der Waals surface area contributed by atoms with E-state index in [0.717, 1.165) is 49.3 Å². The molecule has 2 aliphatic heterocycles.